The van der Waals surface area contributed by atoms with E-state index in [1.54, 1.807) is 24.5 Å². The molecule has 2 N–H and O–H groups in total. The number of nitrogens with zero attached hydrogens (tertiary/aromatic N) is 3. The van der Waals surface area contributed by atoms with E-state index >= 15 is 0 Å². The molecule has 0 aliphatic carbocycles. The number of aromatic amines is 1. The van der Waals surface area contributed by atoms with Crippen molar-refractivity contribution in [3.8, 4) is 22.5 Å². The van der Waals surface area contributed by atoms with Gasteiger partial charge >= 0.3 is 0 Å². The van der Waals surface area contributed by atoms with Crippen molar-refractivity contribution in [1.82, 2.24) is 19.9 Å². The molecule has 0 bridgehead atoms. The molecule has 0 fully saturated rings. The summed E-state index contributed by atoms with van der Waals surface area (Å²) in [5.74, 6) is -2.15. The van der Waals surface area contributed by atoms with Crippen LogP contribution in [0.5, 0.6) is 0 Å². The lowest BCUT2D eigenvalue weighted by Gasteiger charge is -2.17. The topological polar surface area (TPSA) is 83.6 Å². The molecule has 0 aliphatic rings. The van der Waals surface area contributed by atoms with E-state index in [4.69, 9.17) is 0 Å². The Morgan fingerprint density at radius 3 is 2.54 bits per heavy atom. The van der Waals surface area contributed by atoms with Crippen molar-refractivity contribution in [2.24, 2.45) is 0 Å². The van der Waals surface area contributed by atoms with Crippen LogP contribution in [0.4, 0.5) is 19.0 Å². The second-order valence-corrected chi connectivity index (χ2v) is 8.65. The second kappa shape index (κ2) is 10.2. The molecule has 0 unspecified atom stereocenters. The number of carbonyl (C=O) groups is 1. The fourth-order valence-electron chi connectivity index (χ4n) is 4.29. The molecule has 5 aromatic rings. The number of benzene rings is 1. The highest BCUT2D eigenvalue weighted by molar-refractivity contribution is 6.01. The number of amides is 1. The quantitative estimate of drug-likeness (QED) is 0.266. The first-order chi connectivity index (χ1) is 17.9. The molecular formula is C28H22F3N5O. The first-order valence-electron chi connectivity index (χ1n) is 11.6. The molecule has 0 spiro atoms. The zero-order valence-electron chi connectivity index (χ0n) is 19.8. The lowest BCUT2D eigenvalue weighted by atomic mass is 9.95. The molecule has 5 rings (SSSR count). The molecular weight excluding hydrogens is 479 g/mol. The standard InChI is InChI=1S/C28H22F3N5O/c1-16-12-22-27(34-15-16)25(21-4-2-3-10-32-21)26(35-22)18-9-11-33-24(13-18)36-28(37)20(14-23(30)31)17-5-7-19(29)8-6-17/h2-13,15,20,23,35H,14H2,1H3,(H,33,36,37)/t20-/m0/s1. The maximum atomic E-state index is 13.3. The van der Waals surface area contributed by atoms with Crippen molar-refractivity contribution >= 4 is 22.8 Å². The van der Waals surface area contributed by atoms with Gasteiger partial charge in [-0.25, -0.2) is 18.2 Å². The summed E-state index contributed by atoms with van der Waals surface area (Å²) in [6, 6.07) is 16.0. The molecule has 0 radical (unpaired) electrons. The van der Waals surface area contributed by atoms with Crippen molar-refractivity contribution in [3.63, 3.8) is 0 Å². The lowest BCUT2D eigenvalue weighted by molar-refractivity contribution is -0.118. The Morgan fingerprint density at radius 2 is 1.81 bits per heavy atom. The predicted molar refractivity (Wildman–Crippen MR) is 136 cm³/mol. The van der Waals surface area contributed by atoms with E-state index in [0.29, 0.717) is 11.1 Å². The Balaban J connectivity index is 1.52. The van der Waals surface area contributed by atoms with Crippen LogP contribution in [0.1, 0.15) is 23.5 Å². The van der Waals surface area contributed by atoms with Gasteiger partial charge in [-0.2, -0.15) is 0 Å². The normalized spacial score (nSPS) is 12.1. The van der Waals surface area contributed by atoms with Gasteiger partial charge in [0.15, 0.2) is 0 Å². The fourth-order valence-corrected chi connectivity index (χ4v) is 4.29. The SMILES string of the molecule is Cc1cnc2c(-c3ccccn3)c(-c3ccnc(NC(=O)[C@@H](CC(F)F)c4ccc(F)cc4)c3)[nH]c2c1. The molecule has 0 saturated heterocycles. The minimum atomic E-state index is -2.72. The van der Waals surface area contributed by atoms with Crippen molar-refractivity contribution < 1.29 is 18.0 Å². The van der Waals surface area contributed by atoms with Gasteiger partial charge in [0, 0.05) is 30.6 Å². The molecule has 0 saturated carbocycles. The maximum absolute atomic E-state index is 13.3. The summed E-state index contributed by atoms with van der Waals surface area (Å²) < 4.78 is 39.9. The van der Waals surface area contributed by atoms with Crippen LogP contribution < -0.4 is 5.32 Å². The van der Waals surface area contributed by atoms with Crippen LogP contribution in [0.3, 0.4) is 0 Å². The molecule has 0 aliphatic heterocycles. The van der Waals surface area contributed by atoms with Crippen molar-refractivity contribution in [2.45, 2.75) is 25.7 Å². The van der Waals surface area contributed by atoms with Gasteiger partial charge in [-0.3, -0.25) is 14.8 Å². The highest BCUT2D eigenvalue weighted by Gasteiger charge is 2.26. The van der Waals surface area contributed by atoms with Crippen LogP contribution in [0.2, 0.25) is 0 Å². The van der Waals surface area contributed by atoms with Gasteiger partial charge < -0.3 is 10.3 Å². The van der Waals surface area contributed by atoms with Crippen LogP contribution in [-0.2, 0) is 4.79 Å². The van der Waals surface area contributed by atoms with Crippen molar-refractivity contribution in [3.05, 3.63) is 96.2 Å². The lowest BCUT2D eigenvalue weighted by Crippen LogP contribution is -2.23. The van der Waals surface area contributed by atoms with E-state index in [2.05, 4.69) is 25.3 Å². The summed E-state index contributed by atoms with van der Waals surface area (Å²) >= 11 is 0. The summed E-state index contributed by atoms with van der Waals surface area (Å²) in [7, 11) is 0. The Kier molecular flexibility index (Phi) is 6.68. The minimum absolute atomic E-state index is 0.193. The van der Waals surface area contributed by atoms with Gasteiger partial charge in [0.25, 0.3) is 0 Å². The molecule has 4 aromatic heterocycles. The van der Waals surface area contributed by atoms with Crippen LogP contribution in [-0.4, -0.2) is 32.3 Å². The number of hydrogen-bond donors (Lipinski definition) is 2. The highest BCUT2D eigenvalue weighted by atomic mass is 19.3. The Bertz CT molecular complexity index is 1550. The van der Waals surface area contributed by atoms with Crippen LogP contribution in [0.25, 0.3) is 33.5 Å². The van der Waals surface area contributed by atoms with E-state index in [1.807, 2.05) is 31.2 Å². The highest BCUT2D eigenvalue weighted by Crippen LogP contribution is 2.37. The first-order valence-corrected chi connectivity index (χ1v) is 11.6. The number of carbonyl (C=O) groups excluding carboxylic acids is 1. The number of aromatic nitrogens is 4. The smallest absolute Gasteiger partial charge is 0.239 e. The number of nitrogens with one attached hydrogen (secondary N) is 2. The molecule has 37 heavy (non-hydrogen) atoms. The van der Waals surface area contributed by atoms with E-state index in [0.717, 1.165) is 45.7 Å². The number of hydrogen-bond acceptors (Lipinski definition) is 4. The molecule has 4 heterocycles. The summed E-state index contributed by atoms with van der Waals surface area (Å²) in [6.07, 6.45) is 1.58. The third-order valence-electron chi connectivity index (χ3n) is 5.99. The number of fused-ring (bicyclic) bond motifs is 1. The number of H-pyrrole nitrogens is 1. The zero-order valence-corrected chi connectivity index (χ0v) is 19.8. The van der Waals surface area contributed by atoms with E-state index in [-0.39, 0.29) is 5.82 Å². The molecule has 1 aromatic carbocycles. The van der Waals surface area contributed by atoms with Gasteiger partial charge in [0.2, 0.25) is 12.3 Å². The molecule has 1 atom stereocenters. The minimum Gasteiger partial charge on any atom is -0.353 e. The third kappa shape index (κ3) is 5.20. The van der Waals surface area contributed by atoms with Gasteiger partial charge in [-0.1, -0.05) is 18.2 Å². The van der Waals surface area contributed by atoms with E-state index in [9.17, 15) is 18.0 Å². The van der Waals surface area contributed by atoms with Crippen LogP contribution >= 0.6 is 0 Å². The summed E-state index contributed by atoms with van der Waals surface area (Å²) in [6.45, 7) is 1.95. The number of alkyl halides is 2. The number of aryl methyl sites for hydroxylation is 1. The van der Waals surface area contributed by atoms with E-state index in [1.165, 1.54) is 18.3 Å². The summed E-state index contributed by atoms with van der Waals surface area (Å²) in [4.78, 5) is 29.8. The van der Waals surface area contributed by atoms with Gasteiger partial charge in [-0.05, 0) is 60.5 Å². The molecule has 1 amide bonds. The Morgan fingerprint density at radius 1 is 1.00 bits per heavy atom. The van der Waals surface area contributed by atoms with Gasteiger partial charge in [-0.15, -0.1) is 0 Å². The zero-order chi connectivity index (χ0) is 25.9. The monoisotopic (exact) mass is 501 g/mol. The predicted octanol–water partition coefficient (Wildman–Crippen LogP) is 6.51. The largest absolute Gasteiger partial charge is 0.353 e. The van der Waals surface area contributed by atoms with Crippen LogP contribution in [0.15, 0.2) is 79.3 Å². The average molecular weight is 502 g/mol. The first kappa shape index (κ1) is 24.2. The fraction of sp³-hybridized carbons (Fsp3) is 0.143. The number of rotatable bonds is 7. The molecule has 186 valence electrons. The second-order valence-electron chi connectivity index (χ2n) is 8.65. The van der Waals surface area contributed by atoms with E-state index < -0.39 is 30.5 Å². The maximum Gasteiger partial charge on any atom is 0.239 e. The number of pyridine rings is 3. The molecule has 6 nitrogen and oxygen atoms in total. The summed E-state index contributed by atoms with van der Waals surface area (Å²) in [5.41, 5.74) is 5.80. The van der Waals surface area contributed by atoms with Crippen LogP contribution in [0, 0.1) is 12.7 Å². The third-order valence-corrected chi connectivity index (χ3v) is 5.99. The van der Waals surface area contributed by atoms with Gasteiger partial charge in [0.1, 0.15) is 11.6 Å². The van der Waals surface area contributed by atoms with Crippen molar-refractivity contribution in [1.29, 1.82) is 0 Å². The molecule has 9 heteroatoms. The summed E-state index contributed by atoms with van der Waals surface area (Å²) in [5, 5.41) is 2.65. The Hall–Kier alpha value is -4.53. The van der Waals surface area contributed by atoms with Gasteiger partial charge in [0.05, 0.1) is 33.9 Å². The number of halogens is 3. The van der Waals surface area contributed by atoms with Crippen molar-refractivity contribution in [2.75, 3.05) is 5.32 Å². The Labute approximate surface area is 210 Å². The average Bonchev–Trinajstić information content (AvgIpc) is 3.27. The number of anilines is 1.